The zero-order chi connectivity index (χ0) is 11.8. The van der Waals surface area contributed by atoms with Crippen LogP contribution in [0.4, 0.5) is 0 Å². The molecule has 0 aromatic heterocycles. The average Bonchev–Trinajstić information content (AvgIpc) is 2.27. The molecule has 1 aliphatic rings. The van der Waals surface area contributed by atoms with Gasteiger partial charge in [-0.05, 0) is 57.2 Å². The molecule has 0 aromatic carbocycles. The van der Waals surface area contributed by atoms with E-state index in [2.05, 4.69) is 23.8 Å². The van der Waals surface area contributed by atoms with Gasteiger partial charge >= 0.3 is 0 Å². The maximum Gasteiger partial charge on any atom is 0.220 e. The number of hydrogen-bond donors (Lipinski definition) is 2. The minimum Gasteiger partial charge on any atom is -0.354 e. The summed E-state index contributed by atoms with van der Waals surface area (Å²) in [5, 5.41) is 6.41. The van der Waals surface area contributed by atoms with Gasteiger partial charge in [-0.3, -0.25) is 4.79 Å². The molecule has 1 atom stereocenters. The monoisotopic (exact) mass is 244 g/mol. The van der Waals surface area contributed by atoms with Crippen molar-refractivity contribution in [1.82, 2.24) is 10.6 Å². The van der Waals surface area contributed by atoms with Crippen molar-refractivity contribution in [1.29, 1.82) is 0 Å². The highest BCUT2D eigenvalue weighted by Gasteiger charge is 2.17. The molecule has 94 valence electrons. The summed E-state index contributed by atoms with van der Waals surface area (Å²) in [5.74, 6) is 1.95. The topological polar surface area (TPSA) is 41.1 Å². The van der Waals surface area contributed by atoms with Crippen LogP contribution in [0.15, 0.2) is 0 Å². The Morgan fingerprint density at radius 2 is 2.19 bits per heavy atom. The van der Waals surface area contributed by atoms with Gasteiger partial charge in [0.2, 0.25) is 5.91 Å². The van der Waals surface area contributed by atoms with E-state index >= 15 is 0 Å². The van der Waals surface area contributed by atoms with E-state index in [0.717, 1.165) is 38.1 Å². The van der Waals surface area contributed by atoms with Crippen molar-refractivity contribution in [2.45, 2.75) is 38.6 Å². The quantitative estimate of drug-likeness (QED) is 0.746. The summed E-state index contributed by atoms with van der Waals surface area (Å²) in [5.41, 5.74) is 0. The van der Waals surface area contributed by atoms with Crippen molar-refractivity contribution in [2.24, 2.45) is 5.92 Å². The van der Waals surface area contributed by atoms with E-state index in [9.17, 15) is 4.79 Å². The standard InChI is InChI=1S/C12H24N2OS/c1-10(5-8-16-2)14-12(15)9-11-3-6-13-7-4-11/h10-11,13H,3-9H2,1-2H3,(H,14,15). The van der Waals surface area contributed by atoms with Gasteiger partial charge in [-0.15, -0.1) is 0 Å². The Labute approximate surface area is 103 Å². The third-order valence-electron chi connectivity index (χ3n) is 3.10. The Morgan fingerprint density at radius 1 is 1.50 bits per heavy atom. The highest BCUT2D eigenvalue weighted by molar-refractivity contribution is 7.98. The lowest BCUT2D eigenvalue weighted by Crippen LogP contribution is -2.36. The van der Waals surface area contributed by atoms with Crippen LogP contribution >= 0.6 is 11.8 Å². The molecule has 1 fully saturated rings. The summed E-state index contributed by atoms with van der Waals surface area (Å²) in [7, 11) is 0. The first-order valence-corrected chi connectivity index (χ1v) is 7.60. The summed E-state index contributed by atoms with van der Waals surface area (Å²) in [4.78, 5) is 11.7. The van der Waals surface area contributed by atoms with Gasteiger partial charge in [0.05, 0.1) is 0 Å². The van der Waals surface area contributed by atoms with Gasteiger partial charge in [0, 0.05) is 12.5 Å². The van der Waals surface area contributed by atoms with Crippen molar-refractivity contribution in [3.63, 3.8) is 0 Å². The van der Waals surface area contributed by atoms with E-state index < -0.39 is 0 Å². The van der Waals surface area contributed by atoms with E-state index in [4.69, 9.17) is 0 Å². The molecule has 1 aliphatic heterocycles. The normalized spacial score (nSPS) is 19.4. The molecule has 1 rings (SSSR count). The lowest BCUT2D eigenvalue weighted by molar-refractivity contribution is -0.122. The van der Waals surface area contributed by atoms with Crippen LogP contribution in [0.25, 0.3) is 0 Å². The second kappa shape index (κ2) is 7.96. The van der Waals surface area contributed by atoms with Crippen molar-refractivity contribution < 1.29 is 4.79 Å². The zero-order valence-electron chi connectivity index (χ0n) is 10.4. The number of hydrogen-bond acceptors (Lipinski definition) is 3. The number of carbonyl (C=O) groups is 1. The van der Waals surface area contributed by atoms with Gasteiger partial charge in [0.1, 0.15) is 0 Å². The predicted molar refractivity (Wildman–Crippen MR) is 70.8 cm³/mol. The highest BCUT2D eigenvalue weighted by atomic mass is 32.2. The van der Waals surface area contributed by atoms with Crippen LogP contribution in [-0.4, -0.2) is 37.0 Å². The molecule has 1 heterocycles. The molecule has 0 aliphatic carbocycles. The van der Waals surface area contributed by atoms with Crippen LogP contribution in [0.1, 0.15) is 32.6 Å². The van der Waals surface area contributed by atoms with Crippen molar-refractivity contribution in [3.8, 4) is 0 Å². The first-order chi connectivity index (χ1) is 7.72. The second-order valence-corrected chi connectivity index (χ2v) is 5.63. The van der Waals surface area contributed by atoms with Crippen molar-refractivity contribution >= 4 is 17.7 Å². The summed E-state index contributed by atoms with van der Waals surface area (Å²) in [6.45, 7) is 4.23. The molecule has 0 saturated carbocycles. The molecule has 4 heteroatoms. The van der Waals surface area contributed by atoms with Crippen LogP contribution in [0.5, 0.6) is 0 Å². The Balaban J connectivity index is 2.13. The highest BCUT2D eigenvalue weighted by Crippen LogP contribution is 2.15. The third-order valence-corrected chi connectivity index (χ3v) is 3.74. The summed E-state index contributed by atoms with van der Waals surface area (Å²) < 4.78 is 0. The van der Waals surface area contributed by atoms with E-state index in [1.807, 2.05) is 11.8 Å². The van der Waals surface area contributed by atoms with Gasteiger partial charge in [0.15, 0.2) is 0 Å². The SMILES string of the molecule is CSCCC(C)NC(=O)CC1CCNCC1. The fourth-order valence-electron chi connectivity index (χ4n) is 2.05. The largest absolute Gasteiger partial charge is 0.354 e. The summed E-state index contributed by atoms with van der Waals surface area (Å²) in [6, 6.07) is 0.321. The molecule has 0 aromatic rings. The molecule has 16 heavy (non-hydrogen) atoms. The van der Waals surface area contributed by atoms with E-state index in [0.29, 0.717) is 18.4 Å². The number of amides is 1. The first-order valence-electron chi connectivity index (χ1n) is 6.21. The lowest BCUT2D eigenvalue weighted by atomic mass is 9.94. The summed E-state index contributed by atoms with van der Waals surface area (Å²) >= 11 is 1.83. The lowest BCUT2D eigenvalue weighted by Gasteiger charge is -2.23. The van der Waals surface area contributed by atoms with Gasteiger partial charge in [0.25, 0.3) is 0 Å². The number of piperidine rings is 1. The molecule has 1 unspecified atom stereocenters. The van der Waals surface area contributed by atoms with Crippen LogP contribution in [-0.2, 0) is 4.79 Å². The third kappa shape index (κ3) is 5.75. The van der Waals surface area contributed by atoms with Crippen LogP contribution in [0.2, 0.25) is 0 Å². The second-order valence-electron chi connectivity index (χ2n) is 4.65. The fourth-order valence-corrected chi connectivity index (χ4v) is 2.64. The molecule has 2 N–H and O–H groups in total. The van der Waals surface area contributed by atoms with Gasteiger partial charge in [-0.1, -0.05) is 0 Å². The smallest absolute Gasteiger partial charge is 0.220 e. The Kier molecular flexibility index (Phi) is 6.88. The van der Waals surface area contributed by atoms with Gasteiger partial charge in [-0.25, -0.2) is 0 Å². The van der Waals surface area contributed by atoms with Crippen LogP contribution < -0.4 is 10.6 Å². The van der Waals surface area contributed by atoms with Crippen molar-refractivity contribution in [3.05, 3.63) is 0 Å². The summed E-state index contributed by atoms with van der Waals surface area (Å²) in [6.07, 6.45) is 6.17. The minimum atomic E-state index is 0.237. The molecule has 1 saturated heterocycles. The van der Waals surface area contributed by atoms with E-state index in [1.54, 1.807) is 0 Å². The molecule has 0 spiro atoms. The average molecular weight is 244 g/mol. The molecule has 1 amide bonds. The van der Waals surface area contributed by atoms with Crippen LogP contribution in [0.3, 0.4) is 0 Å². The number of rotatable bonds is 6. The van der Waals surface area contributed by atoms with Crippen molar-refractivity contribution in [2.75, 3.05) is 25.1 Å². The van der Waals surface area contributed by atoms with Gasteiger partial charge in [-0.2, -0.15) is 11.8 Å². The minimum absolute atomic E-state index is 0.237. The first kappa shape index (κ1) is 13.8. The van der Waals surface area contributed by atoms with Gasteiger partial charge < -0.3 is 10.6 Å². The predicted octanol–water partition coefficient (Wildman–Crippen LogP) is 1.63. The van der Waals surface area contributed by atoms with E-state index in [-0.39, 0.29) is 5.91 Å². The number of carbonyl (C=O) groups excluding carboxylic acids is 1. The molecule has 0 radical (unpaired) electrons. The maximum atomic E-state index is 11.7. The van der Waals surface area contributed by atoms with E-state index in [1.165, 1.54) is 0 Å². The Bertz CT molecular complexity index is 205. The Morgan fingerprint density at radius 3 is 2.81 bits per heavy atom. The molecule has 3 nitrogen and oxygen atoms in total. The number of nitrogens with one attached hydrogen (secondary N) is 2. The molecular weight excluding hydrogens is 220 g/mol. The maximum absolute atomic E-state index is 11.7. The molecular formula is C12H24N2OS. The fraction of sp³-hybridized carbons (Fsp3) is 0.917. The molecule has 0 bridgehead atoms. The van der Waals surface area contributed by atoms with Crippen LogP contribution in [0, 0.1) is 5.92 Å². The number of thioether (sulfide) groups is 1. The zero-order valence-corrected chi connectivity index (χ0v) is 11.2. The Hall–Kier alpha value is -0.220.